The number of benzene rings is 1. The Hall–Kier alpha value is -1.47. The molecule has 0 spiro atoms. The van der Waals surface area contributed by atoms with Crippen LogP contribution < -0.4 is 5.32 Å². The standard InChI is InChI=1S/C14H13BrFNO4/c15-6-1-2-8(7(16)5-6)17-13(18)11-9-3-4-10(21-9)12(11)14(19)20/h1-2,5,9-12H,3-4H2,(H,17,18)(H,19,20)/t9-,10+,11+,12-/m1/s1. The SMILES string of the molecule is O=C(Nc1ccc(Br)cc1F)[C@@H]1[C@H](C(=O)O)[C@@H]2CC[C@H]1O2. The van der Waals surface area contributed by atoms with Gasteiger partial charge in [-0.05, 0) is 31.0 Å². The minimum Gasteiger partial charge on any atom is -0.481 e. The average Bonchev–Trinajstić information content (AvgIpc) is 3.02. The van der Waals surface area contributed by atoms with Gasteiger partial charge in [0.15, 0.2) is 0 Å². The highest BCUT2D eigenvalue weighted by atomic mass is 79.9. The summed E-state index contributed by atoms with van der Waals surface area (Å²) < 4.78 is 19.8. The van der Waals surface area contributed by atoms with Crippen LogP contribution in [0.1, 0.15) is 12.8 Å². The monoisotopic (exact) mass is 357 g/mol. The van der Waals surface area contributed by atoms with Crippen molar-refractivity contribution >= 4 is 33.5 Å². The summed E-state index contributed by atoms with van der Waals surface area (Å²) >= 11 is 3.13. The van der Waals surface area contributed by atoms with Crippen molar-refractivity contribution in [3.8, 4) is 0 Å². The summed E-state index contributed by atoms with van der Waals surface area (Å²) in [4.78, 5) is 23.7. The van der Waals surface area contributed by atoms with Gasteiger partial charge >= 0.3 is 5.97 Å². The molecule has 2 saturated heterocycles. The predicted octanol–water partition coefficient (Wildman–Crippen LogP) is 2.40. The number of carbonyl (C=O) groups is 2. The van der Waals surface area contributed by atoms with E-state index in [0.29, 0.717) is 17.3 Å². The summed E-state index contributed by atoms with van der Waals surface area (Å²) in [6.45, 7) is 0. The minimum atomic E-state index is -1.04. The fourth-order valence-electron chi connectivity index (χ4n) is 3.13. The molecule has 5 nitrogen and oxygen atoms in total. The van der Waals surface area contributed by atoms with E-state index < -0.39 is 41.7 Å². The zero-order valence-electron chi connectivity index (χ0n) is 10.9. The van der Waals surface area contributed by atoms with Gasteiger partial charge in [-0.15, -0.1) is 0 Å². The lowest BCUT2D eigenvalue weighted by atomic mass is 9.78. The van der Waals surface area contributed by atoms with Crippen LogP contribution in [0, 0.1) is 17.7 Å². The Morgan fingerprint density at radius 1 is 1.29 bits per heavy atom. The number of carbonyl (C=O) groups excluding carboxylic acids is 1. The molecule has 0 aromatic heterocycles. The number of rotatable bonds is 3. The molecule has 1 aromatic rings. The van der Waals surface area contributed by atoms with Gasteiger partial charge < -0.3 is 15.2 Å². The van der Waals surface area contributed by atoms with Crippen molar-refractivity contribution in [2.75, 3.05) is 5.32 Å². The molecule has 1 amide bonds. The third-order valence-corrected chi connectivity index (χ3v) is 4.54. The first-order chi connectivity index (χ1) is 9.97. The maximum Gasteiger partial charge on any atom is 0.310 e. The van der Waals surface area contributed by atoms with Gasteiger partial charge in [0.25, 0.3) is 0 Å². The topological polar surface area (TPSA) is 75.6 Å². The van der Waals surface area contributed by atoms with Crippen LogP contribution >= 0.6 is 15.9 Å². The maximum atomic E-state index is 13.7. The van der Waals surface area contributed by atoms with Crippen molar-refractivity contribution in [3.05, 3.63) is 28.5 Å². The van der Waals surface area contributed by atoms with Crippen molar-refractivity contribution in [1.29, 1.82) is 0 Å². The first kappa shape index (κ1) is 14.5. The third-order valence-electron chi connectivity index (χ3n) is 4.05. The summed E-state index contributed by atoms with van der Waals surface area (Å²) in [6.07, 6.45) is 0.501. The van der Waals surface area contributed by atoms with Crippen LogP contribution in [0.3, 0.4) is 0 Å². The summed E-state index contributed by atoms with van der Waals surface area (Å²) in [7, 11) is 0. The number of fused-ring (bicyclic) bond motifs is 2. The van der Waals surface area contributed by atoms with E-state index in [1.165, 1.54) is 12.1 Å². The minimum absolute atomic E-state index is 0.0371. The van der Waals surface area contributed by atoms with Crippen molar-refractivity contribution in [3.63, 3.8) is 0 Å². The number of halogens is 2. The van der Waals surface area contributed by atoms with Gasteiger partial charge in [0.1, 0.15) is 5.82 Å². The average molecular weight is 358 g/mol. The van der Waals surface area contributed by atoms with Gasteiger partial charge in [-0.3, -0.25) is 9.59 Å². The number of hydrogen-bond donors (Lipinski definition) is 2. The Labute approximate surface area is 128 Å². The molecule has 3 rings (SSSR count). The summed E-state index contributed by atoms with van der Waals surface area (Å²) in [5, 5.41) is 11.7. The van der Waals surface area contributed by atoms with E-state index in [1.54, 1.807) is 6.07 Å². The van der Waals surface area contributed by atoms with E-state index in [1.807, 2.05) is 0 Å². The Morgan fingerprint density at radius 2 is 1.95 bits per heavy atom. The van der Waals surface area contributed by atoms with E-state index in [-0.39, 0.29) is 5.69 Å². The molecule has 2 bridgehead atoms. The molecule has 0 saturated carbocycles. The van der Waals surface area contributed by atoms with Gasteiger partial charge in [-0.25, -0.2) is 4.39 Å². The highest BCUT2D eigenvalue weighted by molar-refractivity contribution is 9.10. The molecule has 4 atom stereocenters. The Balaban J connectivity index is 1.80. The molecule has 2 aliphatic heterocycles. The van der Waals surface area contributed by atoms with Gasteiger partial charge in [0.05, 0.1) is 29.7 Å². The number of aliphatic carboxylic acids is 1. The smallest absolute Gasteiger partial charge is 0.310 e. The predicted molar refractivity (Wildman–Crippen MR) is 75.2 cm³/mol. The summed E-state index contributed by atoms with van der Waals surface area (Å²) in [6, 6.07) is 4.27. The highest BCUT2D eigenvalue weighted by Crippen LogP contribution is 2.44. The normalized spacial score (nSPS) is 30.4. The molecule has 2 aliphatic rings. The molecule has 0 unspecified atom stereocenters. The number of anilines is 1. The molecule has 21 heavy (non-hydrogen) atoms. The second-order valence-electron chi connectivity index (χ2n) is 5.29. The lowest BCUT2D eigenvalue weighted by molar-refractivity contribution is -0.147. The van der Waals surface area contributed by atoms with Gasteiger partial charge in [-0.2, -0.15) is 0 Å². The van der Waals surface area contributed by atoms with Crippen LogP contribution in [0.5, 0.6) is 0 Å². The quantitative estimate of drug-likeness (QED) is 0.870. The van der Waals surface area contributed by atoms with Crippen LogP contribution in [-0.2, 0) is 14.3 Å². The Kier molecular flexibility index (Phi) is 3.71. The molecular weight excluding hydrogens is 345 g/mol. The number of carboxylic acids is 1. The highest BCUT2D eigenvalue weighted by Gasteiger charge is 2.55. The molecular formula is C14H13BrFNO4. The molecule has 112 valence electrons. The van der Waals surface area contributed by atoms with Gasteiger partial charge in [0.2, 0.25) is 5.91 Å². The molecule has 2 fully saturated rings. The van der Waals surface area contributed by atoms with Crippen molar-refractivity contribution in [1.82, 2.24) is 0 Å². The second-order valence-corrected chi connectivity index (χ2v) is 6.21. The number of nitrogens with one attached hydrogen (secondary N) is 1. The van der Waals surface area contributed by atoms with E-state index in [4.69, 9.17) is 4.74 Å². The molecule has 0 aliphatic carbocycles. The lowest BCUT2D eigenvalue weighted by Gasteiger charge is -2.23. The third kappa shape index (κ3) is 2.55. The zero-order valence-corrected chi connectivity index (χ0v) is 12.5. The first-order valence-electron chi connectivity index (χ1n) is 6.61. The van der Waals surface area contributed by atoms with Gasteiger partial charge in [-0.1, -0.05) is 15.9 Å². The maximum absolute atomic E-state index is 13.7. The lowest BCUT2D eigenvalue weighted by Crippen LogP contribution is -2.41. The second kappa shape index (κ2) is 5.38. The van der Waals surface area contributed by atoms with Crippen LogP contribution in [-0.4, -0.2) is 29.2 Å². The van der Waals surface area contributed by atoms with Crippen molar-refractivity contribution < 1.29 is 23.8 Å². The Bertz CT molecular complexity index is 609. The first-order valence-corrected chi connectivity index (χ1v) is 7.41. The number of carboxylic acid groups (broad SMARTS) is 1. The fraction of sp³-hybridized carbons (Fsp3) is 0.429. The molecule has 2 heterocycles. The van der Waals surface area contributed by atoms with Crippen LogP contribution in [0.25, 0.3) is 0 Å². The largest absolute Gasteiger partial charge is 0.481 e. The van der Waals surface area contributed by atoms with Crippen LogP contribution in [0.2, 0.25) is 0 Å². The Morgan fingerprint density at radius 3 is 2.57 bits per heavy atom. The van der Waals surface area contributed by atoms with Crippen LogP contribution in [0.15, 0.2) is 22.7 Å². The molecule has 2 N–H and O–H groups in total. The summed E-state index contributed by atoms with van der Waals surface area (Å²) in [5.41, 5.74) is 0.0371. The summed E-state index contributed by atoms with van der Waals surface area (Å²) in [5.74, 6) is -3.75. The number of ether oxygens (including phenoxy) is 1. The zero-order chi connectivity index (χ0) is 15.1. The van der Waals surface area contributed by atoms with Crippen LogP contribution in [0.4, 0.5) is 10.1 Å². The number of hydrogen-bond acceptors (Lipinski definition) is 3. The van der Waals surface area contributed by atoms with Crippen molar-refractivity contribution in [2.45, 2.75) is 25.0 Å². The molecule has 0 radical (unpaired) electrons. The number of amides is 1. The van der Waals surface area contributed by atoms with E-state index >= 15 is 0 Å². The molecule has 1 aromatic carbocycles. The van der Waals surface area contributed by atoms with E-state index in [9.17, 15) is 19.1 Å². The fourth-order valence-corrected chi connectivity index (χ4v) is 3.46. The van der Waals surface area contributed by atoms with Gasteiger partial charge in [0, 0.05) is 4.47 Å². The molecule has 7 heteroatoms. The van der Waals surface area contributed by atoms with E-state index in [0.717, 1.165) is 0 Å². The van der Waals surface area contributed by atoms with Crippen molar-refractivity contribution in [2.24, 2.45) is 11.8 Å². The van der Waals surface area contributed by atoms with E-state index in [2.05, 4.69) is 21.2 Å².